The third-order valence-electron chi connectivity index (χ3n) is 5.52. The van der Waals surface area contributed by atoms with Crippen LogP contribution in [0.2, 0.25) is 0 Å². The van der Waals surface area contributed by atoms with Crippen molar-refractivity contribution < 1.29 is 27.5 Å². The van der Waals surface area contributed by atoms with Crippen LogP contribution in [0.4, 0.5) is 0 Å². The predicted molar refractivity (Wildman–Crippen MR) is 138 cm³/mol. The van der Waals surface area contributed by atoms with Gasteiger partial charge in [0, 0.05) is 18.7 Å². The van der Waals surface area contributed by atoms with Gasteiger partial charge in [0.05, 0.1) is 19.4 Å². The summed E-state index contributed by atoms with van der Waals surface area (Å²) in [6, 6.07) is 15.4. The van der Waals surface area contributed by atoms with Gasteiger partial charge in [-0.05, 0) is 37.0 Å². The fourth-order valence-corrected chi connectivity index (χ4v) is 4.92. The topological polar surface area (TPSA) is 122 Å². The zero-order valence-electron chi connectivity index (χ0n) is 21.2. The van der Waals surface area contributed by atoms with E-state index >= 15 is 0 Å². The molecule has 0 radical (unpaired) electrons. The zero-order valence-corrected chi connectivity index (χ0v) is 22.0. The highest BCUT2D eigenvalue weighted by Crippen LogP contribution is 2.09. The van der Waals surface area contributed by atoms with E-state index < -0.39 is 22.0 Å². The van der Waals surface area contributed by atoms with E-state index in [0.29, 0.717) is 5.56 Å². The Labute approximate surface area is 213 Å². The van der Waals surface area contributed by atoms with E-state index in [2.05, 4.69) is 10.0 Å². The number of amides is 2. The fourth-order valence-electron chi connectivity index (χ4n) is 3.53. The highest BCUT2D eigenvalue weighted by atomic mass is 32.2. The summed E-state index contributed by atoms with van der Waals surface area (Å²) in [5.41, 5.74) is 2.27. The van der Waals surface area contributed by atoms with Crippen LogP contribution in [0.1, 0.15) is 41.8 Å². The minimum atomic E-state index is -3.80. The molecule has 2 amide bonds. The molecule has 10 heteroatoms. The first-order valence-electron chi connectivity index (χ1n) is 11.8. The molecule has 0 saturated carbocycles. The van der Waals surface area contributed by atoms with Crippen LogP contribution >= 0.6 is 0 Å². The SMILES string of the molecule is COC(=O)C(NS(=O)(=O)CCCN(Cc1ccccc1)C(=O)CNC(=O)c1cccc(C)c1)C(C)C. The van der Waals surface area contributed by atoms with Gasteiger partial charge >= 0.3 is 5.97 Å². The van der Waals surface area contributed by atoms with Crippen molar-refractivity contribution in [3.63, 3.8) is 0 Å². The largest absolute Gasteiger partial charge is 0.468 e. The van der Waals surface area contributed by atoms with E-state index in [-0.39, 0.29) is 49.5 Å². The number of hydrogen-bond donors (Lipinski definition) is 2. The highest BCUT2D eigenvalue weighted by molar-refractivity contribution is 7.89. The molecule has 2 aromatic carbocycles. The van der Waals surface area contributed by atoms with E-state index in [0.717, 1.165) is 11.1 Å². The molecule has 1 unspecified atom stereocenters. The second-order valence-electron chi connectivity index (χ2n) is 8.89. The van der Waals surface area contributed by atoms with Crippen molar-refractivity contribution in [2.75, 3.05) is 26.0 Å². The molecule has 0 aliphatic rings. The number of hydrogen-bond acceptors (Lipinski definition) is 6. The van der Waals surface area contributed by atoms with E-state index in [4.69, 9.17) is 4.74 Å². The van der Waals surface area contributed by atoms with Crippen molar-refractivity contribution in [1.82, 2.24) is 14.9 Å². The average molecular weight is 518 g/mol. The van der Waals surface area contributed by atoms with E-state index in [1.807, 2.05) is 43.3 Å². The molecular weight excluding hydrogens is 482 g/mol. The van der Waals surface area contributed by atoms with Crippen molar-refractivity contribution in [3.8, 4) is 0 Å². The number of carbonyl (C=O) groups excluding carboxylic acids is 3. The van der Waals surface area contributed by atoms with Crippen LogP contribution in [-0.4, -0.2) is 63.1 Å². The molecule has 0 bridgehead atoms. The number of ether oxygens (including phenoxy) is 1. The molecule has 1 atom stereocenters. The van der Waals surface area contributed by atoms with Crippen molar-refractivity contribution in [2.24, 2.45) is 5.92 Å². The van der Waals surface area contributed by atoms with Crippen LogP contribution in [0.5, 0.6) is 0 Å². The summed E-state index contributed by atoms with van der Waals surface area (Å²) >= 11 is 0. The van der Waals surface area contributed by atoms with Crippen molar-refractivity contribution in [2.45, 2.75) is 39.8 Å². The van der Waals surface area contributed by atoms with Gasteiger partial charge in [0.2, 0.25) is 15.9 Å². The lowest BCUT2D eigenvalue weighted by atomic mass is 10.1. The molecule has 2 aromatic rings. The predicted octanol–water partition coefficient (Wildman–Crippen LogP) is 2.26. The third kappa shape index (κ3) is 9.43. The Morgan fingerprint density at radius 1 is 1.03 bits per heavy atom. The lowest BCUT2D eigenvalue weighted by molar-refractivity contribution is -0.143. The summed E-state index contributed by atoms with van der Waals surface area (Å²) in [5, 5.41) is 2.64. The zero-order chi connectivity index (χ0) is 26.7. The molecule has 0 heterocycles. The molecule has 0 aliphatic carbocycles. The molecule has 196 valence electrons. The average Bonchev–Trinajstić information content (AvgIpc) is 2.85. The van der Waals surface area contributed by atoms with Gasteiger partial charge in [-0.3, -0.25) is 14.4 Å². The Balaban J connectivity index is 2.02. The van der Waals surface area contributed by atoms with E-state index in [1.54, 1.807) is 32.0 Å². The normalized spacial score (nSPS) is 12.1. The molecule has 0 fully saturated rings. The number of rotatable bonds is 13. The molecule has 0 aliphatic heterocycles. The smallest absolute Gasteiger partial charge is 0.324 e. The molecule has 0 aromatic heterocycles. The summed E-state index contributed by atoms with van der Waals surface area (Å²) in [4.78, 5) is 38.9. The highest BCUT2D eigenvalue weighted by Gasteiger charge is 2.28. The molecule has 36 heavy (non-hydrogen) atoms. The van der Waals surface area contributed by atoms with Crippen molar-refractivity contribution >= 4 is 27.8 Å². The van der Waals surface area contributed by atoms with Gasteiger partial charge in [-0.2, -0.15) is 0 Å². The second kappa shape index (κ2) is 13.7. The summed E-state index contributed by atoms with van der Waals surface area (Å²) in [7, 11) is -2.59. The Hall–Kier alpha value is -3.24. The number of carbonyl (C=O) groups is 3. The molecular formula is C26H35N3O6S. The summed E-state index contributed by atoms with van der Waals surface area (Å²) < 4.78 is 32.3. The maximum absolute atomic E-state index is 13.0. The van der Waals surface area contributed by atoms with Crippen LogP contribution in [0, 0.1) is 12.8 Å². The second-order valence-corrected chi connectivity index (χ2v) is 10.8. The molecule has 2 rings (SSSR count). The first-order chi connectivity index (χ1) is 17.0. The Morgan fingerprint density at radius 3 is 2.33 bits per heavy atom. The van der Waals surface area contributed by atoms with Crippen LogP contribution in [0.15, 0.2) is 54.6 Å². The monoisotopic (exact) mass is 517 g/mol. The first-order valence-corrected chi connectivity index (χ1v) is 13.4. The van der Waals surface area contributed by atoms with Gasteiger partial charge in [-0.15, -0.1) is 0 Å². The van der Waals surface area contributed by atoms with E-state index in [1.165, 1.54) is 12.0 Å². The van der Waals surface area contributed by atoms with Crippen LogP contribution in [0.3, 0.4) is 0 Å². The van der Waals surface area contributed by atoms with E-state index in [9.17, 15) is 22.8 Å². The number of nitrogens with one attached hydrogen (secondary N) is 2. The third-order valence-corrected chi connectivity index (χ3v) is 6.96. The van der Waals surface area contributed by atoms with Gasteiger partial charge in [0.15, 0.2) is 0 Å². The van der Waals surface area contributed by atoms with Gasteiger partial charge in [0.1, 0.15) is 6.04 Å². The number of aryl methyl sites for hydroxylation is 1. The van der Waals surface area contributed by atoms with Crippen molar-refractivity contribution in [1.29, 1.82) is 0 Å². The maximum Gasteiger partial charge on any atom is 0.324 e. The maximum atomic E-state index is 13.0. The Kier molecular flexibility index (Phi) is 11.1. The van der Waals surface area contributed by atoms with Gasteiger partial charge in [-0.1, -0.05) is 61.9 Å². The number of methoxy groups -OCH3 is 1. The van der Waals surface area contributed by atoms with Crippen LogP contribution in [0.25, 0.3) is 0 Å². The number of esters is 1. The van der Waals surface area contributed by atoms with Gasteiger partial charge < -0.3 is 15.0 Å². The van der Waals surface area contributed by atoms with Crippen LogP contribution in [-0.2, 0) is 30.9 Å². The minimum absolute atomic E-state index is 0.145. The van der Waals surface area contributed by atoms with Gasteiger partial charge in [0.25, 0.3) is 5.91 Å². The Bertz CT molecular complexity index is 1140. The molecule has 0 spiro atoms. The summed E-state index contributed by atoms with van der Waals surface area (Å²) in [6.45, 7) is 5.51. The van der Waals surface area contributed by atoms with Crippen molar-refractivity contribution in [3.05, 3.63) is 71.3 Å². The lowest BCUT2D eigenvalue weighted by Gasteiger charge is -2.24. The standard InChI is InChI=1S/C26H35N3O6S/c1-19(2)24(26(32)35-4)28-36(33,34)15-9-14-29(18-21-11-6-5-7-12-21)23(30)17-27-25(31)22-13-8-10-20(3)16-22/h5-8,10-13,16,19,24,28H,9,14-15,17-18H2,1-4H3,(H,27,31). The molecule has 2 N–H and O–H groups in total. The number of sulfonamides is 1. The fraction of sp³-hybridized carbons (Fsp3) is 0.423. The number of benzene rings is 2. The summed E-state index contributed by atoms with van der Waals surface area (Å²) in [6.07, 6.45) is 0.145. The molecule has 9 nitrogen and oxygen atoms in total. The van der Waals surface area contributed by atoms with Crippen LogP contribution < -0.4 is 10.0 Å². The quantitative estimate of drug-likeness (QED) is 0.393. The minimum Gasteiger partial charge on any atom is -0.468 e. The van der Waals surface area contributed by atoms with Gasteiger partial charge in [-0.25, -0.2) is 13.1 Å². The Morgan fingerprint density at radius 2 is 1.72 bits per heavy atom. The molecule has 0 saturated heterocycles. The number of nitrogens with zero attached hydrogens (tertiary/aromatic N) is 1. The first kappa shape index (κ1) is 29.0. The lowest BCUT2D eigenvalue weighted by Crippen LogP contribution is -2.46. The summed E-state index contributed by atoms with van der Waals surface area (Å²) in [5.74, 6) is -1.92.